The molecule has 1 atom stereocenters. The van der Waals surface area contributed by atoms with Crippen molar-refractivity contribution in [2.45, 2.75) is 51.2 Å². The highest BCUT2D eigenvalue weighted by molar-refractivity contribution is 5.44. The van der Waals surface area contributed by atoms with Crippen LogP contribution in [0.3, 0.4) is 0 Å². The number of hydrogen-bond acceptors (Lipinski definition) is 5. The molecule has 0 saturated carbocycles. The maximum Gasteiger partial charge on any atom is 0.363 e. The van der Waals surface area contributed by atoms with Crippen molar-refractivity contribution in [3.63, 3.8) is 0 Å². The van der Waals surface area contributed by atoms with E-state index in [9.17, 15) is 10.1 Å². The van der Waals surface area contributed by atoms with Crippen LogP contribution in [0, 0.1) is 10.1 Å². The lowest BCUT2D eigenvalue weighted by atomic mass is 9.86. The first-order valence-corrected chi connectivity index (χ1v) is 7.09. The SMILES string of the molecule is CCC1(CC)CC(Nc2ccc([N+](=O)[O-])nc2)CCO1. The summed E-state index contributed by atoms with van der Waals surface area (Å²) < 4.78 is 5.94. The molecule has 2 rings (SSSR count). The van der Waals surface area contributed by atoms with Gasteiger partial charge in [-0.05, 0) is 41.7 Å². The Bertz CT molecular complexity index is 457. The molecule has 1 unspecified atom stereocenters. The minimum absolute atomic E-state index is 0.0376. The van der Waals surface area contributed by atoms with E-state index in [0.29, 0.717) is 6.04 Å². The van der Waals surface area contributed by atoms with Gasteiger partial charge in [0.25, 0.3) is 0 Å². The number of nitrogens with zero attached hydrogens (tertiary/aromatic N) is 2. The number of rotatable bonds is 5. The molecule has 0 amide bonds. The Kier molecular flexibility index (Phi) is 4.54. The Morgan fingerprint density at radius 3 is 2.80 bits per heavy atom. The highest BCUT2D eigenvalue weighted by Crippen LogP contribution is 2.32. The molecule has 2 heterocycles. The van der Waals surface area contributed by atoms with Crippen LogP contribution in [0.15, 0.2) is 18.3 Å². The third-order valence-electron chi connectivity index (χ3n) is 4.09. The molecular weight excluding hydrogens is 258 g/mol. The summed E-state index contributed by atoms with van der Waals surface area (Å²) in [6, 6.07) is 3.46. The predicted octanol–water partition coefficient (Wildman–Crippen LogP) is 3.14. The molecule has 20 heavy (non-hydrogen) atoms. The molecule has 1 aromatic heterocycles. The Labute approximate surface area is 118 Å². The Morgan fingerprint density at radius 2 is 2.25 bits per heavy atom. The second-order valence-electron chi connectivity index (χ2n) is 5.23. The van der Waals surface area contributed by atoms with Gasteiger partial charge >= 0.3 is 5.82 Å². The van der Waals surface area contributed by atoms with E-state index in [0.717, 1.165) is 38.0 Å². The summed E-state index contributed by atoms with van der Waals surface area (Å²) in [5, 5.41) is 14.0. The zero-order valence-electron chi connectivity index (χ0n) is 12.0. The normalized spacial score (nSPS) is 21.4. The van der Waals surface area contributed by atoms with Crippen LogP contribution in [0.1, 0.15) is 39.5 Å². The monoisotopic (exact) mass is 279 g/mol. The van der Waals surface area contributed by atoms with Crippen molar-refractivity contribution in [2.75, 3.05) is 11.9 Å². The fraction of sp³-hybridized carbons (Fsp3) is 0.643. The van der Waals surface area contributed by atoms with Gasteiger partial charge < -0.3 is 20.2 Å². The fourth-order valence-corrected chi connectivity index (χ4v) is 2.71. The average Bonchev–Trinajstić information content (AvgIpc) is 2.48. The van der Waals surface area contributed by atoms with Crippen LogP contribution in [0.5, 0.6) is 0 Å². The van der Waals surface area contributed by atoms with Crippen molar-refractivity contribution >= 4 is 11.5 Å². The van der Waals surface area contributed by atoms with Gasteiger partial charge in [-0.15, -0.1) is 0 Å². The minimum atomic E-state index is -0.489. The van der Waals surface area contributed by atoms with Gasteiger partial charge in [0.1, 0.15) is 0 Å². The molecule has 1 N–H and O–H groups in total. The van der Waals surface area contributed by atoms with E-state index in [2.05, 4.69) is 24.1 Å². The zero-order valence-corrected chi connectivity index (χ0v) is 12.0. The molecule has 1 aromatic rings. The summed E-state index contributed by atoms with van der Waals surface area (Å²) in [5.74, 6) is -0.126. The first kappa shape index (κ1) is 14.7. The molecule has 6 heteroatoms. The predicted molar refractivity (Wildman–Crippen MR) is 76.8 cm³/mol. The molecule has 0 aromatic carbocycles. The van der Waals surface area contributed by atoms with E-state index < -0.39 is 4.92 Å². The number of nitro groups is 1. The van der Waals surface area contributed by atoms with E-state index in [4.69, 9.17) is 4.74 Å². The molecule has 1 fully saturated rings. The van der Waals surface area contributed by atoms with E-state index in [-0.39, 0.29) is 11.4 Å². The van der Waals surface area contributed by atoms with E-state index >= 15 is 0 Å². The van der Waals surface area contributed by atoms with E-state index in [1.54, 1.807) is 6.07 Å². The summed E-state index contributed by atoms with van der Waals surface area (Å²) in [7, 11) is 0. The van der Waals surface area contributed by atoms with Gasteiger partial charge in [-0.1, -0.05) is 13.8 Å². The summed E-state index contributed by atoms with van der Waals surface area (Å²) in [6.07, 6.45) is 5.42. The van der Waals surface area contributed by atoms with Gasteiger partial charge in [-0.2, -0.15) is 0 Å². The Morgan fingerprint density at radius 1 is 1.50 bits per heavy atom. The largest absolute Gasteiger partial charge is 0.379 e. The number of ether oxygens (including phenoxy) is 1. The molecule has 6 nitrogen and oxygen atoms in total. The van der Waals surface area contributed by atoms with Crippen LogP contribution in [-0.2, 0) is 4.74 Å². The maximum atomic E-state index is 10.6. The zero-order chi connectivity index (χ0) is 14.6. The lowest BCUT2D eigenvalue weighted by molar-refractivity contribution is -0.389. The second-order valence-corrected chi connectivity index (χ2v) is 5.23. The van der Waals surface area contributed by atoms with Crippen LogP contribution in [-0.4, -0.2) is 28.2 Å². The number of aromatic nitrogens is 1. The van der Waals surface area contributed by atoms with Crippen LogP contribution < -0.4 is 5.32 Å². The molecule has 0 aliphatic carbocycles. The van der Waals surface area contributed by atoms with E-state index in [1.807, 2.05) is 0 Å². The minimum Gasteiger partial charge on any atom is -0.379 e. The highest BCUT2D eigenvalue weighted by Gasteiger charge is 2.34. The summed E-state index contributed by atoms with van der Waals surface area (Å²) in [5.41, 5.74) is 0.785. The maximum absolute atomic E-state index is 10.6. The summed E-state index contributed by atoms with van der Waals surface area (Å²) >= 11 is 0. The van der Waals surface area contributed by atoms with Gasteiger partial charge in [-0.3, -0.25) is 0 Å². The molecule has 1 saturated heterocycles. The van der Waals surface area contributed by atoms with Gasteiger partial charge in [0.15, 0.2) is 6.20 Å². The van der Waals surface area contributed by atoms with Crippen molar-refractivity contribution in [3.05, 3.63) is 28.4 Å². The number of anilines is 1. The number of nitrogens with one attached hydrogen (secondary N) is 1. The molecule has 0 spiro atoms. The molecule has 1 aliphatic rings. The molecule has 0 bridgehead atoms. The van der Waals surface area contributed by atoms with Crippen molar-refractivity contribution in [2.24, 2.45) is 0 Å². The molecule has 0 radical (unpaired) electrons. The second kappa shape index (κ2) is 6.17. The Hall–Kier alpha value is -1.69. The van der Waals surface area contributed by atoms with Crippen molar-refractivity contribution in [3.8, 4) is 0 Å². The number of pyridine rings is 1. The average molecular weight is 279 g/mol. The van der Waals surface area contributed by atoms with Crippen LogP contribution in [0.4, 0.5) is 11.5 Å². The van der Waals surface area contributed by atoms with Crippen LogP contribution in [0.2, 0.25) is 0 Å². The van der Waals surface area contributed by atoms with Crippen molar-refractivity contribution < 1.29 is 9.66 Å². The standard InChI is InChI=1S/C14H21N3O3/c1-3-14(4-2)9-11(7-8-20-14)16-12-5-6-13(15-10-12)17(18)19/h5-6,10-11,16H,3-4,7-9H2,1-2H3. The lowest BCUT2D eigenvalue weighted by Gasteiger charge is -2.40. The number of hydrogen-bond donors (Lipinski definition) is 1. The molecule has 110 valence electrons. The molecule has 1 aliphatic heterocycles. The van der Waals surface area contributed by atoms with Gasteiger partial charge in [0.05, 0.1) is 11.3 Å². The Balaban J connectivity index is 2.00. The van der Waals surface area contributed by atoms with E-state index in [1.165, 1.54) is 12.3 Å². The first-order valence-electron chi connectivity index (χ1n) is 7.09. The van der Waals surface area contributed by atoms with Crippen molar-refractivity contribution in [1.29, 1.82) is 0 Å². The topological polar surface area (TPSA) is 77.3 Å². The van der Waals surface area contributed by atoms with Crippen LogP contribution >= 0.6 is 0 Å². The van der Waals surface area contributed by atoms with Crippen molar-refractivity contribution in [1.82, 2.24) is 4.98 Å². The van der Waals surface area contributed by atoms with Crippen LogP contribution in [0.25, 0.3) is 0 Å². The quantitative estimate of drug-likeness (QED) is 0.661. The van der Waals surface area contributed by atoms with Gasteiger partial charge in [0.2, 0.25) is 0 Å². The smallest absolute Gasteiger partial charge is 0.363 e. The highest BCUT2D eigenvalue weighted by atomic mass is 16.6. The lowest BCUT2D eigenvalue weighted by Crippen LogP contribution is -2.43. The fourth-order valence-electron chi connectivity index (χ4n) is 2.71. The van der Waals surface area contributed by atoms with Gasteiger partial charge in [-0.25, -0.2) is 0 Å². The summed E-state index contributed by atoms with van der Waals surface area (Å²) in [6.45, 7) is 5.05. The first-order chi connectivity index (χ1) is 9.58. The molecular formula is C14H21N3O3. The summed E-state index contributed by atoms with van der Waals surface area (Å²) in [4.78, 5) is 13.9. The van der Waals surface area contributed by atoms with Gasteiger partial charge in [0, 0.05) is 18.7 Å². The third kappa shape index (κ3) is 3.25. The third-order valence-corrected chi connectivity index (χ3v) is 4.09.